The summed E-state index contributed by atoms with van der Waals surface area (Å²) in [6.45, 7) is 11.8. The van der Waals surface area contributed by atoms with Gasteiger partial charge >= 0.3 is 14.6 Å². The third-order valence-corrected chi connectivity index (χ3v) is 9.24. The van der Waals surface area contributed by atoms with Gasteiger partial charge in [-0.05, 0) is 75.0 Å². The second-order valence-electron chi connectivity index (χ2n) is 11.4. The summed E-state index contributed by atoms with van der Waals surface area (Å²) >= 11 is 0. The van der Waals surface area contributed by atoms with Crippen LogP contribution >= 0.6 is 0 Å². The molecule has 31 heavy (non-hydrogen) atoms. The first-order valence-electron chi connectivity index (χ1n) is 11.0. The zero-order chi connectivity index (χ0) is 24.3. The number of hydrogen-bond acceptors (Lipinski definition) is 9. The standard InChI is InChI=1S/2C10H18O2.B2H4O5/c2*1-8(2)7-4-5-9(3,11)10(8,12)6-7;3-1(4)7-2(5)6/h2*7,11-12H,4-6H2,1-3H3;3-6H/t2*7-,9-,10-;/m00./s1. The summed E-state index contributed by atoms with van der Waals surface area (Å²) in [5.74, 6) is 1.23. The van der Waals surface area contributed by atoms with Crippen molar-refractivity contribution in [2.75, 3.05) is 0 Å². The predicted octanol–water partition coefficient (Wildman–Crippen LogP) is -0.441. The zero-order valence-electron chi connectivity index (χ0n) is 19.5. The third-order valence-electron chi connectivity index (χ3n) is 9.24. The third kappa shape index (κ3) is 4.22. The fraction of sp³-hybridized carbons (Fsp3) is 1.00. The van der Waals surface area contributed by atoms with Gasteiger partial charge in [0.2, 0.25) is 0 Å². The van der Waals surface area contributed by atoms with Gasteiger partial charge in [-0.25, -0.2) is 0 Å². The molecule has 6 atom stereocenters. The molecule has 6 aliphatic rings. The maximum Gasteiger partial charge on any atom is 0.621 e. The largest absolute Gasteiger partial charge is 0.621 e. The highest BCUT2D eigenvalue weighted by atomic mass is 16.7. The van der Waals surface area contributed by atoms with Crippen molar-refractivity contribution in [2.24, 2.45) is 22.7 Å². The molecule has 180 valence electrons. The first kappa shape index (κ1) is 27.0. The van der Waals surface area contributed by atoms with Crippen molar-refractivity contribution in [2.45, 2.75) is 102 Å². The first-order valence-corrected chi connectivity index (χ1v) is 11.0. The summed E-state index contributed by atoms with van der Waals surface area (Å²) in [5.41, 5.74) is -3.58. The van der Waals surface area contributed by atoms with Crippen molar-refractivity contribution >= 4 is 14.6 Å². The summed E-state index contributed by atoms with van der Waals surface area (Å²) in [6, 6.07) is 0. The molecule has 0 heterocycles. The van der Waals surface area contributed by atoms with Crippen LogP contribution in [0.15, 0.2) is 0 Å². The smallest absolute Gasteiger partial charge is 0.402 e. The molecule has 0 amide bonds. The second-order valence-corrected chi connectivity index (χ2v) is 11.4. The van der Waals surface area contributed by atoms with Gasteiger partial charge in [-0.15, -0.1) is 0 Å². The van der Waals surface area contributed by atoms with Crippen LogP contribution in [0.4, 0.5) is 0 Å². The van der Waals surface area contributed by atoms with E-state index in [1.807, 2.05) is 0 Å². The van der Waals surface area contributed by atoms with Crippen molar-refractivity contribution < 1.29 is 45.1 Å². The van der Waals surface area contributed by atoms with Crippen molar-refractivity contribution in [1.82, 2.24) is 0 Å². The summed E-state index contributed by atoms with van der Waals surface area (Å²) < 4.78 is 3.47. The minimum absolute atomic E-state index is 0.0885. The topological polar surface area (TPSA) is 171 Å². The molecule has 8 N–H and O–H groups in total. The van der Waals surface area contributed by atoms with E-state index in [1.54, 1.807) is 13.8 Å². The summed E-state index contributed by atoms with van der Waals surface area (Å²) in [4.78, 5) is 0. The Hall–Kier alpha value is -0.230. The molecule has 0 aliphatic heterocycles. The monoisotopic (exact) mass is 446 g/mol. The van der Waals surface area contributed by atoms with E-state index in [0.717, 1.165) is 38.5 Å². The van der Waals surface area contributed by atoms with Gasteiger partial charge in [0.05, 0.1) is 22.4 Å². The van der Waals surface area contributed by atoms with E-state index in [-0.39, 0.29) is 10.8 Å². The van der Waals surface area contributed by atoms with Crippen molar-refractivity contribution in [3.8, 4) is 0 Å². The zero-order valence-corrected chi connectivity index (χ0v) is 19.5. The van der Waals surface area contributed by atoms with Crippen LogP contribution in [0.1, 0.15) is 80.1 Å². The van der Waals surface area contributed by atoms with Crippen molar-refractivity contribution in [1.29, 1.82) is 0 Å². The van der Waals surface area contributed by atoms with E-state index in [1.165, 1.54) is 0 Å². The lowest BCUT2D eigenvalue weighted by atomic mass is 9.41. The maximum atomic E-state index is 10.2. The van der Waals surface area contributed by atoms with Crippen LogP contribution in [0.3, 0.4) is 0 Å². The number of hydrogen-bond donors (Lipinski definition) is 8. The van der Waals surface area contributed by atoms with Gasteiger partial charge in [0, 0.05) is 0 Å². The molecule has 4 bridgehead atoms. The lowest BCUT2D eigenvalue weighted by molar-refractivity contribution is -0.312. The Kier molecular flexibility index (Phi) is 7.16. The second kappa shape index (κ2) is 8.21. The van der Waals surface area contributed by atoms with E-state index in [0.29, 0.717) is 11.8 Å². The molecule has 0 radical (unpaired) electrons. The van der Waals surface area contributed by atoms with E-state index < -0.39 is 37.0 Å². The van der Waals surface area contributed by atoms with Gasteiger partial charge in [0.15, 0.2) is 0 Å². The lowest BCUT2D eigenvalue weighted by Crippen LogP contribution is -2.74. The van der Waals surface area contributed by atoms with Gasteiger partial charge in [-0.1, -0.05) is 27.7 Å². The molecule has 9 nitrogen and oxygen atoms in total. The summed E-state index contributed by atoms with van der Waals surface area (Å²) in [7, 11) is -4.25. The Balaban J connectivity index is 0.000000173. The van der Waals surface area contributed by atoms with E-state index >= 15 is 0 Å². The quantitative estimate of drug-likeness (QED) is 0.262. The Morgan fingerprint density at radius 3 is 1.03 bits per heavy atom. The van der Waals surface area contributed by atoms with Crippen LogP contribution in [0.25, 0.3) is 0 Å². The highest BCUT2D eigenvalue weighted by Gasteiger charge is 2.70. The van der Waals surface area contributed by atoms with Gasteiger partial charge in [-0.3, -0.25) is 0 Å². The van der Waals surface area contributed by atoms with Gasteiger partial charge in [0.1, 0.15) is 0 Å². The van der Waals surface area contributed by atoms with E-state index in [4.69, 9.17) is 20.1 Å². The van der Waals surface area contributed by atoms with E-state index in [9.17, 15) is 20.4 Å². The lowest BCUT2D eigenvalue weighted by Gasteiger charge is -2.68. The van der Waals surface area contributed by atoms with E-state index in [2.05, 4.69) is 32.3 Å². The van der Waals surface area contributed by atoms with Crippen molar-refractivity contribution in [3.05, 3.63) is 0 Å². The average molecular weight is 446 g/mol. The number of fused-ring (bicyclic) bond motifs is 4. The molecule has 0 aromatic carbocycles. The number of aliphatic hydroxyl groups is 4. The Bertz CT molecular complexity index is 579. The molecule has 0 aromatic rings. The van der Waals surface area contributed by atoms with Crippen LogP contribution in [0.2, 0.25) is 0 Å². The summed E-state index contributed by atoms with van der Waals surface area (Å²) in [5, 5.41) is 71.5. The van der Waals surface area contributed by atoms with Crippen LogP contribution in [0, 0.1) is 22.7 Å². The normalized spacial score (nSPS) is 45.5. The first-order chi connectivity index (χ1) is 13.8. The molecular weight excluding hydrogens is 406 g/mol. The molecular formula is C20H40B2O9. The predicted molar refractivity (Wildman–Crippen MR) is 115 cm³/mol. The molecule has 0 unspecified atom stereocenters. The SMILES string of the molecule is CC1(C)[C@H]2CC[C@](C)(O)[C@]1(O)C2.CC1(C)[C@H]2CC[C@](C)(O)[C@]1(O)C2.OB(O)OB(O)O. The molecule has 6 saturated carbocycles. The molecule has 6 aliphatic carbocycles. The van der Waals surface area contributed by atoms with Crippen LogP contribution in [-0.2, 0) is 4.57 Å². The Morgan fingerprint density at radius 1 is 0.613 bits per heavy atom. The molecule has 0 aromatic heterocycles. The van der Waals surface area contributed by atoms with Gasteiger partial charge < -0.3 is 45.1 Å². The summed E-state index contributed by atoms with van der Waals surface area (Å²) in [6.07, 6.45) is 5.18. The van der Waals surface area contributed by atoms with Gasteiger partial charge in [0.25, 0.3) is 0 Å². The Morgan fingerprint density at radius 2 is 0.903 bits per heavy atom. The molecule has 6 rings (SSSR count). The van der Waals surface area contributed by atoms with Crippen LogP contribution < -0.4 is 0 Å². The maximum absolute atomic E-state index is 10.2. The molecule has 0 saturated heterocycles. The molecule has 11 heteroatoms. The van der Waals surface area contributed by atoms with Crippen molar-refractivity contribution in [3.63, 3.8) is 0 Å². The highest BCUT2D eigenvalue weighted by molar-refractivity contribution is 6.48. The van der Waals surface area contributed by atoms with Crippen LogP contribution in [-0.4, -0.2) is 77.6 Å². The Labute approximate surface area is 185 Å². The fourth-order valence-corrected chi connectivity index (χ4v) is 6.35. The average Bonchev–Trinajstić information content (AvgIpc) is 2.59. The number of rotatable bonds is 2. The molecule has 0 spiro atoms. The minimum Gasteiger partial charge on any atom is -0.402 e. The highest BCUT2D eigenvalue weighted by Crippen LogP contribution is 2.66. The molecule has 6 fully saturated rings. The van der Waals surface area contributed by atoms with Crippen LogP contribution in [0.5, 0.6) is 0 Å². The van der Waals surface area contributed by atoms with Gasteiger partial charge in [-0.2, -0.15) is 0 Å². The minimum atomic E-state index is -2.13. The fourth-order valence-electron chi connectivity index (χ4n) is 6.35.